The van der Waals surface area contributed by atoms with E-state index in [0.717, 1.165) is 12.0 Å². The van der Waals surface area contributed by atoms with Crippen molar-refractivity contribution < 1.29 is 9.59 Å². The van der Waals surface area contributed by atoms with Gasteiger partial charge in [-0.15, -0.1) is 0 Å². The van der Waals surface area contributed by atoms with Crippen LogP contribution in [-0.2, 0) is 22.4 Å². The highest BCUT2D eigenvalue weighted by Crippen LogP contribution is 2.24. The number of hydrogen-bond acceptors (Lipinski definition) is 3. The lowest BCUT2D eigenvalue weighted by Crippen LogP contribution is -2.48. The molecule has 0 aliphatic heterocycles. The summed E-state index contributed by atoms with van der Waals surface area (Å²) < 4.78 is 0. The number of benzene rings is 1. The molecule has 1 aliphatic rings. The maximum absolute atomic E-state index is 12.5. The van der Waals surface area contributed by atoms with E-state index >= 15 is 0 Å². The van der Waals surface area contributed by atoms with Gasteiger partial charge in [0.25, 0.3) is 0 Å². The average molecular weight is 374 g/mol. The van der Waals surface area contributed by atoms with E-state index < -0.39 is 0 Å². The molecule has 27 heavy (non-hydrogen) atoms. The summed E-state index contributed by atoms with van der Waals surface area (Å²) in [6.45, 7) is 10.9. The second kappa shape index (κ2) is 9.36. The van der Waals surface area contributed by atoms with Crippen molar-refractivity contribution in [2.24, 2.45) is 0 Å². The molecular weight excluding hydrogens is 338 g/mol. The van der Waals surface area contributed by atoms with Crippen LogP contribution in [0.3, 0.4) is 0 Å². The molecule has 0 fully saturated rings. The van der Waals surface area contributed by atoms with Gasteiger partial charge in [-0.1, -0.05) is 25.1 Å². The lowest BCUT2D eigenvalue weighted by atomic mass is 9.89. The third kappa shape index (κ3) is 6.98. The Bertz CT molecular complexity index is 664. The molecule has 1 atom stereocenters. The van der Waals surface area contributed by atoms with Crippen LogP contribution in [0.5, 0.6) is 0 Å². The Morgan fingerprint density at radius 3 is 2.33 bits per heavy atom. The fourth-order valence-electron chi connectivity index (χ4n) is 3.54. The molecule has 2 N–H and O–H groups in total. The number of amides is 2. The lowest BCUT2D eigenvalue weighted by molar-refractivity contribution is -0.126. The van der Waals surface area contributed by atoms with Gasteiger partial charge in [-0.2, -0.15) is 0 Å². The largest absolute Gasteiger partial charge is 0.350 e. The SMILES string of the molecule is CCN(CC(=O)NC(C)c1ccc2c(c1)CCCC2)CC(=O)NC(C)(C)C. The minimum Gasteiger partial charge on any atom is -0.350 e. The molecule has 5 nitrogen and oxygen atoms in total. The van der Waals surface area contributed by atoms with E-state index in [9.17, 15) is 9.59 Å². The van der Waals surface area contributed by atoms with Gasteiger partial charge in [-0.25, -0.2) is 0 Å². The van der Waals surface area contributed by atoms with Crippen LogP contribution in [0.2, 0.25) is 0 Å². The first-order valence-corrected chi connectivity index (χ1v) is 10.1. The van der Waals surface area contributed by atoms with Crippen LogP contribution in [0.15, 0.2) is 18.2 Å². The molecule has 2 rings (SSSR count). The molecule has 150 valence electrons. The Kier molecular flexibility index (Phi) is 7.42. The van der Waals surface area contributed by atoms with Crippen molar-refractivity contribution in [2.75, 3.05) is 19.6 Å². The van der Waals surface area contributed by atoms with Crippen molar-refractivity contribution in [3.63, 3.8) is 0 Å². The molecule has 5 heteroatoms. The van der Waals surface area contributed by atoms with Crippen LogP contribution in [0.25, 0.3) is 0 Å². The summed E-state index contributed by atoms with van der Waals surface area (Å²) in [5.74, 6) is -0.106. The highest BCUT2D eigenvalue weighted by molar-refractivity contribution is 5.81. The highest BCUT2D eigenvalue weighted by atomic mass is 16.2. The van der Waals surface area contributed by atoms with Gasteiger partial charge in [-0.3, -0.25) is 14.5 Å². The zero-order valence-corrected chi connectivity index (χ0v) is 17.5. The second-order valence-electron chi connectivity index (χ2n) is 8.63. The third-order valence-corrected chi connectivity index (χ3v) is 4.95. The number of aryl methyl sites for hydroxylation is 2. The molecule has 0 saturated carbocycles. The molecule has 0 aromatic heterocycles. The zero-order valence-electron chi connectivity index (χ0n) is 17.5. The molecule has 1 aliphatic carbocycles. The molecule has 2 amide bonds. The highest BCUT2D eigenvalue weighted by Gasteiger charge is 2.19. The van der Waals surface area contributed by atoms with Crippen molar-refractivity contribution in [1.29, 1.82) is 0 Å². The predicted molar refractivity (Wildman–Crippen MR) is 110 cm³/mol. The summed E-state index contributed by atoms with van der Waals surface area (Å²) in [4.78, 5) is 26.4. The second-order valence-corrected chi connectivity index (χ2v) is 8.63. The minimum atomic E-state index is -0.264. The summed E-state index contributed by atoms with van der Waals surface area (Å²) in [7, 11) is 0. The average Bonchev–Trinajstić information content (AvgIpc) is 2.58. The fourth-order valence-corrected chi connectivity index (χ4v) is 3.54. The van der Waals surface area contributed by atoms with Gasteiger partial charge in [0.1, 0.15) is 0 Å². The zero-order chi connectivity index (χ0) is 20.0. The van der Waals surface area contributed by atoms with Crippen molar-refractivity contribution in [1.82, 2.24) is 15.5 Å². The predicted octanol–water partition coefficient (Wildman–Crippen LogP) is 2.98. The number of nitrogens with zero attached hydrogens (tertiary/aromatic N) is 1. The number of likely N-dealkylation sites (N-methyl/N-ethyl adjacent to an activating group) is 1. The maximum Gasteiger partial charge on any atom is 0.234 e. The summed E-state index contributed by atoms with van der Waals surface area (Å²) in [6.07, 6.45) is 4.82. The van der Waals surface area contributed by atoms with E-state index in [4.69, 9.17) is 0 Å². The first-order chi connectivity index (χ1) is 12.7. The van der Waals surface area contributed by atoms with Gasteiger partial charge in [0.05, 0.1) is 19.1 Å². The summed E-state index contributed by atoms with van der Waals surface area (Å²) in [5.41, 5.74) is 3.76. The first-order valence-electron chi connectivity index (χ1n) is 10.1. The quantitative estimate of drug-likeness (QED) is 0.772. The van der Waals surface area contributed by atoms with Crippen LogP contribution < -0.4 is 10.6 Å². The topological polar surface area (TPSA) is 61.4 Å². The maximum atomic E-state index is 12.5. The van der Waals surface area contributed by atoms with Gasteiger partial charge < -0.3 is 10.6 Å². The fraction of sp³-hybridized carbons (Fsp3) is 0.636. The molecule has 0 spiro atoms. The third-order valence-electron chi connectivity index (χ3n) is 4.95. The van der Waals surface area contributed by atoms with E-state index in [2.05, 4.69) is 28.8 Å². The van der Waals surface area contributed by atoms with E-state index in [1.807, 2.05) is 39.5 Å². The molecule has 1 aromatic rings. The summed E-state index contributed by atoms with van der Waals surface area (Å²) >= 11 is 0. The number of carbonyl (C=O) groups is 2. The van der Waals surface area contributed by atoms with E-state index in [0.29, 0.717) is 6.54 Å². The molecule has 0 bridgehead atoms. The summed E-state index contributed by atoms with van der Waals surface area (Å²) in [6, 6.07) is 6.55. The standard InChI is InChI=1S/C22H35N3O2/c1-6-25(15-21(27)24-22(3,4)5)14-20(26)23-16(2)18-12-11-17-9-7-8-10-19(17)13-18/h11-13,16H,6-10,14-15H2,1-5H3,(H,23,26)(H,24,27). The Labute approximate surface area is 163 Å². The smallest absolute Gasteiger partial charge is 0.234 e. The number of fused-ring (bicyclic) bond motifs is 1. The van der Waals surface area contributed by atoms with Gasteiger partial charge in [0, 0.05) is 5.54 Å². The minimum absolute atomic E-state index is 0.0353. The molecule has 0 saturated heterocycles. The van der Waals surface area contributed by atoms with Crippen LogP contribution in [0.4, 0.5) is 0 Å². The van der Waals surface area contributed by atoms with E-state index in [1.54, 1.807) is 0 Å². The van der Waals surface area contributed by atoms with Crippen LogP contribution >= 0.6 is 0 Å². The normalized spacial score (nSPS) is 15.2. The van der Waals surface area contributed by atoms with Crippen molar-refractivity contribution in [3.8, 4) is 0 Å². The molecule has 1 unspecified atom stereocenters. The van der Waals surface area contributed by atoms with Gasteiger partial charge >= 0.3 is 0 Å². The van der Waals surface area contributed by atoms with E-state index in [-0.39, 0.29) is 36.5 Å². The monoisotopic (exact) mass is 373 g/mol. The van der Waals surface area contributed by atoms with Gasteiger partial charge in [-0.05, 0) is 76.6 Å². The van der Waals surface area contributed by atoms with Crippen molar-refractivity contribution in [2.45, 2.75) is 71.9 Å². The van der Waals surface area contributed by atoms with Crippen molar-refractivity contribution >= 4 is 11.8 Å². The Balaban J connectivity index is 1.88. The van der Waals surface area contributed by atoms with Crippen LogP contribution in [-0.4, -0.2) is 41.9 Å². The first kappa shape index (κ1) is 21.4. The number of hydrogen-bond donors (Lipinski definition) is 2. The lowest BCUT2D eigenvalue weighted by Gasteiger charge is -2.25. The molecule has 1 aromatic carbocycles. The number of nitrogens with one attached hydrogen (secondary N) is 2. The number of carbonyl (C=O) groups excluding carboxylic acids is 2. The Morgan fingerprint density at radius 1 is 1.07 bits per heavy atom. The summed E-state index contributed by atoms with van der Waals surface area (Å²) in [5, 5.41) is 6.02. The molecule has 0 radical (unpaired) electrons. The number of rotatable bonds is 7. The molecular formula is C22H35N3O2. The van der Waals surface area contributed by atoms with E-state index in [1.165, 1.54) is 30.4 Å². The Morgan fingerprint density at radius 2 is 1.70 bits per heavy atom. The van der Waals surface area contributed by atoms with Crippen LogP contribution in [0, 0.1) is 0 Å². The van der Waals surface area contributed by atoms with Gasteiger partial charge in [0.2, 0.25) is 11.8 Å². The Hall–Kier alpha value is -1.88. The molecule has 0 heterocycles. The van der Waals surface area contributed by atoms with Crippen molar-refractivity contribution in [3.05, 3.63) is 34.9 Å². The van der Waals surface area contributed by atoms with Crippen LogP contribution in [0.1, 0.15) is 70.2 Å². The van der Waals surface area contributed by atoms with Gasteiger partial charge in [0.15, 0.2) is 0 Å².